The predicted octanol–water partition coefficient (Wildman–Crippen LogP) is 2.73. The highest BCUT2D eigenvalue weighted by atomic mass is 35.5. The molecule has 0 saturated carbocycles. The van der Waals surface area contributed by atoms with Gasteiger partial charge in [-0.2, -0.15) is 5.26 Å². The van der Waals surface area contributed by atoms with E-state index in [1.807, 2.05) is 19.1 Å². The Morgan fingerprint density at radius 1 is 1.33 bits per heavy atom. The van der Waals surface area contributed by atoms with Gasteiger partial charge in [-0.25, -0.2) is 0 Å². The van der Waals surface area contributed by atoms with Crippen LogP contribution in [0.4, 0.5) is 0 Å². The molecule has 1 heterocycles. The van der Waals surface area contributed by atoms with E-state index in [1.54, 1.807) is 35.0 Å². The van der Waals surface area contributed by atoms with Gasteiger partial charge in [0.2, 0.25) is 0 Å². The van der Waals surface area contributed by atoms with Gasteiger partial charge in [0.1, 0.15) is 0 Å². The quantitative estimate of drug-likeness (QED) is 0.831. The van der Waals surface area contributed by atoms with Gasteiger partial charge in [0.15, 0.2) is 0 Å². The molecule has 0 radical (unpaired) electrons. The molecule has 0 fully saturated rings. The summed E-state index contributed by atoms with van der Waals surface area (Å²) >= 11 is 6.08. The number of halogens is 1. The first kappa shape index (κ1) is 12.4. The topological polar surface area (TPSA) is 45.8 Å². The lowest BCUT2D eigenvalue weighted by atomic mass is 10.1. The number of benzene rings is 1. The van der Waals surface area contributed by atoms with E-state index in [4.69, 9.17) is 16.9 Å². The molecule has 1 aromatic carbocycles. The molecule has 0 N–H and O–H groups in total. The van der Waals surface area contributed by atoms with E-state index in [0.717, 1.165) is 11.1 Å². The summed E-state index contributed by atoms with van der Waals surface area (Å²) in [6, 6.07) is 10.6. The first-order valence-corrected chi connectivity index (χ1v) is 5.83. The van der Waals surface area contributed by atoms with Gasteiger partial charge in [-0.3, -0.25) is 4.79 Å². The standard InChI is InChI=1S/C14H11ClN2O/c1-10-4-5-17(14(18)6-10)9-12-3-2-11(8-16)7-13(12)15/h2-7H,9H2,1H3. The van der Waals surface area contributed by atoms with E-state index in [0.29, 0.717) is 17.1 Å². The minimum absolute atomic E-state index is 0.0598. The van der Waals surface area contributed by atoms with Crippen LogP contribution in [-0.2, 0) is 6.54 Å². The van der Waals surface area contributed by atoms with E-state index in [-0.39, 0.29) is 5.56 Å². The van der Waals surface area contributed by atoms with Crippen molar-refractivity contribution in [1.29, 1.82) is 5.26 Å². The van der Waals surface area contributed by atoms with Gasteiger partial charge in [0.25, 0.3) is 5.56 Å². The third kappa shape index (κ3) is 2.61. The normalized spacial score (nSPS) is 10.1. The fourth-order valence-corrected chi connectivity index (χ4v) is 1.91. The van der Waals surface area contributed by atoms with Crippen molar-refractivity contribution in [3.8, 4) is 6.07 Å². The molecule has 2 rings (SSSR count). The van der Waals surface area contributed by atoms with Crippen molar-refractivity contribution in [1.82, 2.24) is 4.57 Å². The molecule has 1 aromatic heterocycles. The van der Waals surface area contributed by atoms with Crippen LogP contribution in [0.3, 0.4) is 0 Å². The molecule has 3 nitrogen and oxygen atoms in total. The van der Waals surface area contributed by atoms with Gasteiger partial charge in [-0.1, -0.05) is 17.7 Å². The second kappa shape index (κ2) is 5.07. The van der Waals surface area contributed by atoms with Gasteiger partial charge in [0, 0.05) is 17.3 Å². The lowest BCUT2D eigenvalue weighted by molar-refractivity contribution is 0.757. The molecule has 0 unspecified atom stereocenters. The van der Waals surface area contributed by atoms with E-state index in [9.17, 15) is 4.79 Å². The molecule has 0 aliphatic carbocycles. The Morgan fingerprint density at radius 2 is 2.11 bits per heavy atom. The predicted molar refractivity (Wildman–Crippen MR) is 70.7 cm³/mol. The minimum atomic E-state index is -0.0598. The summed E-state index contributed by atoms with van der Waals surface area (Å²) in [5, 5.41) is 9.25. The Labute approximate surface area is 110 Å². The molecule has 0 atom stereocenters. The van der Waals surface area contributed by atoms with Crippen LogP contribution in [0.5, 0.6) is 0 Å². The van der Waals surface area contributed by atoms with E-state index in [1.165, 1.54) is 0 Å². The highest BCUT2D eigenvalue weighted by Gasteiger charge is 2.04. The summed E-state index contributed by atoms with van der Waals surface area (Å²) in [5.74, 6) is 0. The van der Waals surface area contributed by atoms with Gasteiger partial charge in [0.05, 0.1) is 18.2 Å². The number of pyridine rings is 1. The monoisotopic (exact) mass is 258 g/mol. The van der Waals surface area contributed by atoms with Crippen LogP contribution in [-0.4, -0.2) is 4.57 Å². The molecular weight excluding hydrogens is 248 g/mol. The van der Waals surface area contributed by atoms with Crippen molar-refractivity contribution >= 4 is 11.6 Å². The number of hydrogen-bond acceptors (Lipinski definition) is 2. The Hall–Kier alpha value is -2.05. The minimum Gasteiger partial charge on any atom is -0.311 e. The van der Waals surface area contributed by atoms with Crippen LogP contribution in [0.1, 0.15) is 16.7 Å². The maximum Gasteiger partial charge on any atom is 0.251 e. The smallest absolute Gasteiger partial charge is 0.251 e. The third-order valence-corrected chi connectivity index (χ3v) is 3.03. The number of aryl methyl sites for hydroxylation is 1. The first-order chi connectivity index (χ1) is 8.60. The highest BCUT2D eigenvalue weighted by Crippen LogP contribution is 2.18. The van der Waals surface area contributed by atoms with Crippen molar-refractivity contribution in [2.24, 2.45) is 0 Å². The van der Waals surface area contributed by atoms with Crippen molar-refractivity contribution in [2.45, 2.75) is 13.5 Å². The third-order valence-electron chi connectivity index (χ3n) is 2.67. The largest absolute Gasteiger partial charge is 0.311 e. The molecule has 0 aliphatic rings. The molecule has 2 aromatic rings. The average Bonchev–Trinajstić information content (AvgIpc) is 2.34. The fourth-order valence-electron chi connectivity index (χ4n) is 1.67. The molecule has 0 spiro atoms. The number of rotatable bonds is 2. The maximum atomic E-state index is 11.7. The summed E-state index contributed by atoms with van der Waals surface area (Å²) in [7, 11) is 0. The van der Waals surface area contributed by atoms with Crippen LogP contribution in [0, 0.1) is 18.3 Å². The molecule has 0 aliphatic heterocycles. The Morgan fingerprint density at radius 3 is 2.72 bits per heavy atom. The molecule has 0 saturated heterocycles. The van der Waals surface area contributed by atoms with E-state index >= 15 is 0 Å². The van der Waals surface area contributed by atoms with Crippen molar-refractivity contribution in [3.63, 3.8) is 0 Å². The average molecular weight is 259 g/mol. The van der Waals surface area contributed by atoms with Crippen LogP contribution in [0.2, 0.25) is 5.02 Å². The molecule has 18 heavy (non-hydrogen) atoms. The van der Waals surface area contributed by atoms with Crippen molar-refractivity contribution < 1.29 is 0 Å². The lowest BCUT2D eigenvalue weighted by Gasteiger charge is -2.08. The SMILES string of the molecule is Cc1ccn(Cc2ccc(C#N)cc2Cl)c(=O)c1. The highest BCUT2D eigenvalue weighted by molar-refractivity contribution is 6.31. The summed E-state index contributed by atoms with van der Waals surface area (Å²) in [5.41, 5.74) is 2.21. The number of nitrogens with zero attached hydrogens (tertiary/aromatic N) is 2. The van der Waals surface area contributed by atoms with Gasteiger partial charge in [-0.05, 0) is 36.2 Å². The Balaban J connectivity index is 2.35. The maximum absolute atomic E-state index is 11.7. The molecular formula is C14H11ClN2O. The molecule has 0 bridgehead atoms. The van der Waals surface area contributed by atoms with Gasteiger partial charge >= 0.3 is 0 Å². The molecule has 90 valence electrons. The molecule has 4 heteroatoms. The number of hydrogen-bond donors (Lipinski definition) is 0. The zero-order valence-corrected chi connectivity index (χ0v) is 10.6. The summed E-state index contributed by atoms with van der Waals surface area (Å²) < 4.78 is 1.58. The van der Waals surface area contributed by atoms with E-state index < -0.39 is 0 Å². The second-order valence-electron chi connectivity index (χ2n) is 4.09. The zero-order chi connectivity index (χ0) is 13.1. The first-order valence-electron chi connectivity index (χ1n) is 5.46. The molecule has 0 amide bonds. The Kier molecular flexibility index (Phi) is 3.50. The van der Waals surface area contributed by atoms with Crippen LogP contribution < -0.4 is 5.56 Å². The summed E-state index contributed by atoms with van der Waals surface area (Å²) in [4.78, 5) is 11.7. The van der Waals surface area contributed by atoms with Crippen molar-refractivity contribution in [3.05, 3.63) is 68.6 Å². The van der Waals surface area contributed by atoms with Crippen molar-refractivity contribution in [2.75, 3.05) is 0 Å². The number of nitriles is 1. The number of aromatic nitrogens is 1. The summed E-state index contributed by atoms with van der Waals surface area (Å²) in [6.07, 6.45) is 1.74. The van der Waals surface area contributed by atoms with E-state index in [2.05, 4.69) is 0 Å². The Bertz CT molecular complexity index is 683. The van der Waals surface area contributed by atoms with Crippen LogP contribution in [0.15, 0.2) is 41.3 Å². The second-order valence-corrected chi connectivity index (χ2v) is 4.50. The zero-order valence-electron chi connectivity index (χ0n) is 9.85. The fraction of sp³-hybridized carbons (Fsp3) is 0.143. The van der Waals surface area contributed by atoms with Crippen LogP contribution in [0.25, 0.3) is 0 Å². The summed E-state index contributed by atoms with van der Waals surface area (Å²) in [6.45, 7) is 2.28. The van der Waals surface area contributed by atoms with Gasteiger partial charge < -0.3 is 4.57 Å². The lowest BCUT2D eigenvalue weighted by Crippen LogP contribution is -2.19. The van der Waals surface area contributed by atoms with Gasteiger partial charge in [-0.15, -0.1) is 0 Å². The van der Waals surface area contributed by atoms with Crippen LogP contribution >= 0.6 is 11.6 Å².